The molecule has 3 nitrogen and oxygen atoms in total. The van der Waals surface area contributed by atoms with E-state index in [0.717, 1.165) is 44.9 Å². The predicted octanol–water partition coefficient (Wildman–Crippen LogP) is 3.60. The van der Waals surface area contributed by atoms with Crippen LogP contribution < -0.4 is 0 Å². The number of rotatable bonds is 2. The van der Waals surface area contributed by atoms with Crippen LogP contribution in [0.1, 0.15) is 58.8 Å². The second kappa shape index (κ2) is 4.95. The van der Waals surface area contributed by atoms with Gasteiger partial charge in [-0.2, -0.15) is 0 Å². The first-order valence-electron chi connectivity index (χ1n) is 10.0. The quantitative estimate of drug-likeness (QED) is 0.613. The summed E-state index contributed by atoms with van der Waals surface area (Å²) >= 11 is 0. The Labute approximate surface area is 149 Å². The molecule has 0 bridgehead atoms. The van der Waals surface area contributed by atoms with Crippen LogP contribution in [0.4, 0.5) is 4.39 Å². The average Bonchev–Trinajstić information content (AvgIpc) is 3.27. The summed E-state index contributed by atoms with van der Waals surface area (Å²) in [7, 11) is 0. The molecule has 1 saturated heterocycles. The van der Waals surface area contributed by atoms with Gasteiger partial charge in [0.25, 0.3) is 0 Å². The Morgan fingerprint density at radius 3 is 2.88 bits per heavy atom. The number of Topliss-reactive ketones (excluding diaryl/α,β-unsaturated/α-hetero) is 1. The molecule has 0 aromatic carbocycles. The van der Waals surface area contributed by atoms with Crippen LogP contribution in [0.5, 0.6) is 0 Å². The molecule has 25 heavy (non-hydrogen) atoms. The zero-order valence-corrected chi connectivity index (χ0v) is 15.3. The number of allylic oxidation sites excluding steroid dienone is 1. The molecular weight excluding hydrogens is 319 g/mol. The third kappa shape index (κ3) is 1.81. The Morgan fingerprint density at radius 1 is 1.32 bits per heavy atom. The smallest absolute Gasteiger partial charge is 0.198 e. The van der Waals surface area contributed by atoms with Gasteiger partial charge in [-0.15, -0.1) is 0 Å². The minimum atomic E-state index is -0.896. The number of epoxide rings is 1. The first kappa shape index (κ1) is 16.4. The summed E-state index contributed by atoms with van der Waals surface area (Å²) in [5.41, 5.74) is 0.655. The fraction of sp³-hybridized carbons (Fsp3) is 0.857. The Hall–Kier alpha value is -0.740. The second-order valence-corrected chi connectivity index (χ2v) is 9.75. The van der Waals surface area contributed by atoms with E-state index in [1.54, 1.807) is 0 Å². The van der Waals surface area contributed by atoms with Crippen LogP contribution in [0.3, 0.4) is 0 Å². The van der Waals surface area contributed by atoms with Crippen molar-refractivity contribution in [3.8, 4) is 0 Å². The Kier molecular flexibility index (Phi) is 3.25. The lowest BCUT2D eigenvalue weighted by Gasteiger charge is -2.58. The molecule has 4 fully saturated rings. The van der Waals surface area contributed by atoms with Gasteiger partial charge >= 0.3 is 0 Å². The van der Waals surface area contributed by atoms with Crippen molar-refractivity contribution in [1.29, 1.82) is 0 Å². The van der Waals surface area contributed by atoms with Gasteiger partial charge in [-0.1, -0.05) is 25.5 Å². The lowest BCUT2D eigenvalue weighted by atomic mass is 9.47. The van der Waals surface area contributed by atoms with Crippen molar-refractivity contribution < 1.29 is 19.0 Å². The number of ketones is 1. The lowest BCUT2D eigenvalue weighted by Crippen LogP contribution is -2.54. The maximum absolute atomic E-state index is 13.2. The molecule has 1 N–H and O–H groups in total. The van der Waals surface area contributed by atoms with Crippen molar-refractivity contribution in [2.24, 2.45) is 28.6 Å². The fourth-order valence-corrected chi connectivity index (χ4v) is 7.66. The standard InChI is InChI=1S/C21H29FO3/c1-19-7-5-13(23)9-12(19)3-4-14-15(19)6-8-20(2)16(14)10-18-21(20,25-18)17(24)11-22/h3,13-16,18,23H,4-11H2,1-2H3/t13?,14-,15+,16+,18?,19+,20+,21-/m1/s1. The number of aliphatic hydroxyl groups excluding tert-OH is 1. The molecule has 5 aliphatic rings. The minimum absolute atomic E-state index is 0.0455. The van der Waals surface area contributed by atoms with Crippen molar-refractivity contribution in [3.63, 3.8) is 0 Å². The van der Waals surface area contributed by atoms with Crippen LogP contribution in [0, 0.1) is 28.6 Å². The molecule has 3 saturated carbocycles. The maximum Gasteiger partial charge on any atom is 0.198 e. The maximum atomic E-state index is 13.2. The van der Waals surface area contributed by atoms with Gasteiger partial charge < -0.3 is 9.84 Å². The van der Waals surface area contributed by atoms with Gasteiger partial charge in [0.1, 0.15) is 0 Å². The molecule has 1 heterocycles. The number of hydrogen-bond acceptors (Lipinski definition) is 3. The fourth-order valence-electron chi connectivity index (χ4n) is 7.66. The van der Waals surface area contributed by atoms with Crippen LogP contribution >= 0.6 is 0 Å². The SMILES string of the molecule is C[C@]12CCC(O)CC1=CC[C@@H]1[C@@H]2CC[C@@]2(C)[C@H]1CC1O[C@]12C(=O)CF. The number of alkyl halides is 1. The number of carbonyl (C=O) groups excluding carboxylic acids is 1. The molecule has 1 aliphatic heterocycles. The third-order valence-electron chi connectivity index (χ3n) is 9.04. The van der Waals surface area contributed by atoms with Crippen molar-refractivity contribution in [2.45, 2.75) is 76.6 Å². The summed E-state index contributed by atoms with van der Waals surface area (Å²) < 4.78 is 19.1. The highest BCUT2D eigenvalue weighted by Gasteiger charge is 2.80. The summed E-state index contributed by atoms with van der Waals surface area (Å²) in [5, 5.41) is 10.1. The van der Waals surface area contributed by atoms with Gasteiger partial charge in [-0.05, 0) is 68.1 Å². The summed E-state index contributed by atoms with van der Waals surface area (Å²) in [5.74, 6) is 1.35. The number of aliphatic hydroxyl groups is 1. The average molecular weight is 348 g/mol. The molecule has 138 valence electrons. The van der Waals surface area contributed by atoms with E-state index in [1.807, 2.05) is 0 Å². The Balaban J connectivity index is 1.49. The van der Waals surface area contributed by atoms with E-state index in [1.165, 1.54) is 5.57 Å². The van der Waals surface area contributed by atoms with Gasteiger partial charge in [0.2, 0.25) is 0 Å². The zero-order valence-electron chi connectivity index (χ0n) is 15.3. The van der Waals surface area contributed by atoms with Gasteiger partial charge in [0.15, 0.2) is 18.1 Å². The minimum Gasteiger partial charge on any atom is -0.393 e. The van der Waals surface area contributed by atoms with Gasteiger partial charge in [-0.3, -0.25) is 4.79 Å². The summed E-state index contributed by atoms with van der Waals surface area (Å²) in [6.07, 6.45) is 9.00. The van der Waals surface area contributed by atoms with Crippen LogP contribution in [0.25, 0.3) is 0 Å². The van der Waals surface area contributed by atoms with Crippen LogP contribution in [0.2, 0.25) is 0 Å². The molecule has 4 aliphatic carbocycles. The lowest BCUT2D eigenvalue weighted by molar-refractivity contribution is -0.138. The Morgan fingerprint density at radius 2 is 2.12 bits per heavy atom. The molecule has 4 heteroatoms. The van der Waals surface area contributed by atoms with E-state index in [9.17, 15) is 14.3 Å². The highest BCUT2D eigenvalue weighted by atomic mass is 19.1. The summed E-state index contributed by atoms with van der Waals surface area (Å²) in [4.78, 5) is 12.4. The van der Waals surface area contributed by atoms with Crippen molar-refractivity contribution in [1.82, 2.24) is 0 Å². The molecule has 0 spiro atoms. The summed E-state index contributed by atoms with van der Waals surface area (Å²) in [6, 6.07) is 0. The number of halogens is 1. The molecular formula is C21H29FO3. The van der Waals surface area contributed by atoms with Gasteiger partial charge in [0.05, 0.1) is 12.2 Å². The van der Waals surface area contributed by atoms with Crippen LogP contribution in [0.15, 0.2) is 11.6 Å². The van der Waals surface area contributed by atoms with Crippen molar-refractivity contribution >= 4 is 5.78 Å². The molecule has 0 amide bonds. The summed E-state index contributed by atoms with van der Waals surface area (Å²) in [6.45, 7) is 3.70. The number of hydrogen-bond donors (Lipinski definition) is 1. The van der Waals surface area contributed by atoms with Gasteiger partial charge in [-0.25, -0.2) is 4.39 Å². The largest absolute Gasteiger partial charge is 0.393 e. The van der Waals surface area contributed by atoms with E-state index >= 15 is 0 Å². The van der Waals surface area contributed by atoms with E-state index in [0.29, 0.717) is 17.8 Å². The predicted molar refractivity (Wildman–Crippen MR) is 91.7 cm³/mol. The van der Waals surface area contributed by atoms with E-state index in [2.05, 4.69) is 19.9 Å². The van der Waals surface area contributed by atoms with E-state index in [-0.39, 0.29) is 28.8 Å². The normalized spacial score (nSPS) is 56.2. The first-order chi connectivity index (χ1) is 11.9. The molecule has 2 unspecified atom stereocenters. The van der Waals surface area contributed by atoms with Crippen molar-refractivity contribution in [3.05, 3.63) is 11.6 Å². The number of carbonyl (C=O) groups is 1. The number of ether oxygens (including phenoxy) is 1. The highest BCUT2D eigenvalue weighted by Crippen LogP contribution is 2.73. The molecule has 8 atom stereocenters. The van der Waals surface area contributed by atoms with E-state index < -0.39 is 12.3 Å². The molecule has 0 radical (unpaired) electrons. The number of fused-ring (bicyclic) bond motifs is 7. The first-order valence-corrected chi connectivity index (χ1v) is 10.0. The zero-order chi connectivity index (χ0) is 17.6. The van der Waals surface area contributed by atoms with Crippen LogP contribution in [-0.4, -0.2) is 35.4 Å². The molecule has 0 aromatic rings. The van der Waals surface area contributed by atoms with E-state index in [4.69, 9.17) is 4.74 Å². The molecule has 0 aromatic heterocycles. The Bertz CT molecular complexity index is 660. The topological polar surface area (TPSA) is 49.8 Å². The van der Waals surface area contributed by atoms with Crippen LogP contribution in [-0.2, 0) is 9.53 Å². The van der Waals surface area contributed by atoms with Gasteiger partial charge in [0, 0.05) is 5.41 Å². The third-order valence-corrected chi connectivity index (χ3v) is 9.04. The van der Waals surface area contributed by atoms with Crippen molar-refractivity contribution in [2.75, 3.05) is 6.67 Å². The monoisotopic (exact) mass is 348 g/mol. The highest BCUT2D eigenvalue weighted by molar-refractivity contribution is 5.93. The molecule has 5 rings (SSSR count). The second-order valence-electron chi connectivity index (χ2n) is 9.75.